The summed E-state index contributed by atoms with van der Waals surface area (Å²) in [4.78, 5) is 19.0. The van der Waals surface area contributed by atoms with Crippen LogP contribution in [0.1, 0.15) is 18.4 Å². The first-order valence-corrected chi connectivity index (χ1v) is 10.4. The summed E-state index contributed by atoms with van der Waals surface area (Å²) in [6.07, 6.45) is 3.42. The van der Waals surface area contributed by atoms with Crippen LogP contribution in [-0.4, -0.2) is 41.5 Å². The fourth-order valence-corrected chi connectivity index (χ4v) is 3.94. The van der Waals surface area contributed by atoms with Crippen molar-refractivity contribution in [2.45, 2.75) is 25.4 Å². The van der Waals surface area contributed by atoms with Crippen LogP contribution in [0.2, 0.25) is 5.02 Å². The van der Waals surface area contributed by atoms with E-state index >= 15 is 0 Å². The third-order valence-corrected chi connectivity index (χ3v) is 5.64. The van der Waals surface area contributed by atoms with E-state index < -0.39 is 0 Å². The second kappa shape index (κ2) is 9.41. The molecule has 0 saturated carbocycles. The topological polar surface area (TPSA) is 54.5 Å². The van der Waals surface area contributed by atoms with Crippen LogP contribution in [-0.2, 0) is 11.3 Å². The Labute approximate surface area is 179 Å². The maximum absolute atomic E-state index is 13.0. The van der Waals surface area contributed by atoms with Crippen molar-refractivity contribution in [2.75, 3.05) is 19.7 Å². The molecule has 1 fully saturated rings. The van der Waals surface area contributed by atoms with Crippen molar-refractivity contribution in [2.24, 2.45) is 0 Å². The Morgan fingerprint density at radius 2 is 1.93 bits per heavy atom. The van der Waals surface area contributed by atoms with Crippen molar-refractivity contribution in [1.82, 2.24) is 15.2 Å². The molecule has 1 aromatic heterocycles. The van der Waals surface area contributed by atoms with Gasteiger partial charge in [-0.15, -0.1) is 0 Å². The SMILES string of the molecule is O=C(COc1ccc(Cl)c2cccnc12)NC1CCN(Cc2ccc(F)cc2)CC1. The highest BCUT2D eigenvalue weighted by molar-refractivity contribution is 6.35. The second-order valence-corrected chi connectivity index (χ2v) is 7.89. The van der Waals surface area contributed by atoms with Crippen LogP contribution < -0.4 is 10.1 Å². The lowest BCUT2D eigenvalue weighted by atomic mass is 10.0. The fraction of sp³-hybridized carbons (Fsp3) is 0.304. The van der Waals surface area contributed by atoms with E-state index in [-0.39, 0.29) is 24.4 Å². The van der Waals surface area contributed by atoms with Crippen molar-refractivity contribution < 1.29 is 13.9 Å². The standard InChI is InChI=1S/C23H23ClFN3O2/c24-20-7-8-21(23-19(20)2-1-11-26-23)30-15-22(29)27-18-9-12-28(13-10-18)14-16-3-5-17(25)6-4-16/h1-8,11,18H,9-10,12-15H2,(H,27,29). The molecule has 2 heterocycles. The number of hydrogen-bond acceptors (Lipinski definition) is 4. The number of amides is 1. The number of fused-ring (bicyclic) bond motifs is 1. The third kappa shape index (κ3) is 5.07. The summed E-state index contributed by atoms with van der Waals surface area (Å²) in [5.74, 6) is 0.176. The molecule has 0 spiro atoms. The number of carbonyl (C=O) groups is 1. The molecule has 0 unspecified atom stereocenters. The van der Waals surface area contributed by atoms with E-state index in [1.54, 1.807) is 18.3 Å². The Morgan fingerprint density at radius 3 is 2.70 bits per heavy atom. The zero-order valence-electron chi connectivity index (χ0n) is 16.5. The van der Waals surface area contributed by atoms with Crippen molar-refractivity contribution in [1.29, 1.82) is 0 Å². The van der Waals surface area contributed by atoms with Gasteiger partial charge in [0.05, 0.1) is 5.02 Å². The van der Waals surface area contributed by atoms with Gasteiger partial charge in [0.1, 0.15) is 17.1 Å². The summed E-state index contributed by atoms with van der Waals surface area (Å²) in [5.41, 5.74) is 1.74. The largest absolute Gasteiger partial charge is 0.481 e. The molecule has 2 aromatic carbocycles. The number of hydrogen-bond donors (Lipinski definition) is 1. The Bertz CT molecular complexity index is 1020. The van der Waals surface area contributed by atoms with Gasteiger partial charge in [-0.2, -0.15) is 0 Å². The number of halogens is 2. The van der Waals surface area contributed by atoms with Gasteiger partial charge in [0.15, 0.2) is 6.61 Å². The molecule has 1 saturated heterocycles. The number of carbonyl (C=O) groups excluding carboxylic acids is 1. The molecule has 7 heteroatoms. The van der Waals surface area contributed by atoms with Crippen LogP contribution in [0.25, 0.3) is 10.9 Å². The number of ether oxygens (including phenoxy) is 1. The molecule has 0 bridgehead atoms. The van der Waals surface area contributed by atoms with Gasteiger partial charge in [-0.1, -0.05) is 23.7 Å². The quantitative estimate of drug-likeness (QED) is 0.641. The van der Waals surface area contributed by atoms with Crippen LogP contribution in [0.4, 0.5) is 4.39 Å². The van der Waals surface area contributed by atoms with Gasteiger partial charge < -0.3 is 10.1 Å². The monoisotopic (exact) mass is 427 g/mol. The van der Waals surface area contributed by atoms with Crippen LogP contribution >= 0.6 is 11.6 Å². The third-order valence-electron chi connectivity index (χ3n) is 5.31. The van der Waals surface area contributed by atoms with E-state index in [0.29, 0.717) is 16.3 Å². The number of likely N-dealkylation sites (tertiary alicyclic amines) is 1. The molecule has 0 atom stereocenters. The minimum absolute atomic E-state index is 0.0664. The molecule has 156 valence electrons. The number of pyridine rings is 1. The van der Waals surface area contributed by atoms with Gasteiger partial charge in [0.25, 0.3) is 5.91 Å². The minimum Gasteiger partial charge on any atom is -0.481 e. The predicted octanol–water partition coefficient (Wildman–Crippen LogP) is 4.19. The summed E-state index contributed by atoms with van der Waals surface area (Å²) in [5, 5.41) is 4.45. The Balaban J connectivity index is 1.25. The van der Waals surface area contributed by atoms with Gasteiger partial charge >= 0.3 is 0 Å². The van der Waals surface area contributed by atoms with Gasteiger partial charge in [0, 0.05) is 37.3 Å². The van der Waals surface area contributed by atoms with Gasteiger partial charge in [-0.05, 0) is 54.8 Å². The lowest BCUT2D eigenvalue weighted by Gasteiger charge is -2.32. The zero-order valence-corrected chi connectivity index (χ0v) is 17.2. The van der Waals surface area contributed by atoms with E-state index in [4.69, 9.17) is 16.3 Å². The molecule has 1 aliphatic rings. The smallest absolute Gasteiger partial charge is 0.258 e. The molecule has 4 rings (SSSR count). The molecule has 1 aliphatic heterocycles. The average molecular weight is 428 g/mol. The normalized spacial score (nSPS) is 15.3. The summed E-state index contributed by atoms with van der Waals surface area (Å²) >= 11 is 6.19. The molecule has 5 nitrogen and oxygen atoms in total. The van der Waals surface area contributed by atoms with Crippen molar-refractivity contribution in [3.63, 3.8) is 0 Å². The Hall–Kier alpha value is -2.70. The van der Waals surface area contributed by atoms with E-state index in [2.05, 4.69) is 15.2 Å². The highest BCUT2D eigenvalue weighted by Crippen LogP contribution is 2.29. The second-order valence-electron chi connectivity index (χ2n) is 7.48. The van der Waals surface area contributed by atoms with E-state index in [1.165, 1.54) is 12.1 Å². The predicted molar refractivity (Wildman–Crippen MR) is 115 cm³/mol. The van der Waals surface area contributed by atoms with Crippen LogP contribution in [0.3, 0.4) is 0 Å². The lowest BCUT2D eigenvalue weighted by molar-refractivity contribution is -0.124. The minimum atomic E-state index is -0.218. The van der Waals surface area contributed by atoms with E-state index in [0.717, 1.165) is 43.4 Å². The number of piperidine rings is 1. The van der Waals surface area contributed by atoms with Crippen LogP contribution in [0.5, 0.6) is 5.75 Å². The van der Waals surface area contributed by atoms with Gasteiger partial charge in [-0.25, -0.2) is 4.39 Å². The van der Waals surface area contributed by atoms with Crippen LogP contribution in [0, 0.1) is 5.82 Å². The molecular weight excluding hydrogens is 405 g/mol. The molecular formula is C23H23ClFN3O2. The van der Waals surface area contributed by atoms with Crippen LogP contribution in [0.15, 0.2) is 54.7 Å². The highest BCUT2D eigenvalue weighted by Gasteiger charge is 2.21. The first-order valence-electron chi connectivity index (χ1n) is 10.0. The Kier molecular flexibility index (Phi) is 6.45. The molecule has 0 radical (unpaired) electrons. The van der Waals surface area contributed by atoms with Crippen molar-refractivity contribution in [3.05, 3.63) is 71.1 Å². The number of aromatic nitrogens is 1. The summed E-state index contributed by atoms with van der Waals surface area (Å²) in [6.45, 7) is 2.49. The molecule has 30 heavy (non-hydrogen) atoms. The number of rotatable bonds is 6. The molecule has 3 aromatic rings. The maximum atomic E-state index is 13.0. The summed E-state index contributed by atoms with van der Waals surface area (Å²) in [6, 6.07) is 13.9. The van der Waals surface area contributed by atoms with E-state index in [9.17, 15) is 9.18 Å². The maximum Gasteiger partial charge on any atom is 0.258 e. The first-order chi connectivity index (χ1) is 14.6. The van der Waals surface area contributed by atoms with Crippen molar-refractivity contribution >= 4 is 28.4 Å². The summed E-state index contributed by atoms with van der Waals surface area (Å²) < 4.78 is 18.7. The molecule has 1 N–H and O–H groups in total. The highest BCUT2D eigenvalue weighted by atomic mass is 35.5. The van der Waals surface area contributed by atoms with Crippen molar-refractivity contribution in [3.8, 4) is 5.75 Å². The lowest BCUT2D eigenvalue weighted by Crippen LogP contribution is -2.45. The summed E-state index contributed by atoms with van der Waals surface area (Å²) in [7, 11) is 0. The average Bonchev–Trinajstić information content (AvgIpc) is 2.76. The Morgan fingerprint density at radius 1 is 1.17 bits per heavy atom. The van der Waals surface area contributed by atoms with E-state index in [1.807, 2.05) is 24.3 Å². The number of nitrogens with one attached hydrogen (secondary N) is 1. The zero-order chi connectivity index (χ0) is 20.9. The number of nitrogens with zero attached hydrogens (tertiary/aromatic N) is 2. The molecule has 1 amide bonds. The fourth-order valence-electron chi connectivity index (χ4n) is 3.72. The number of benzene rings is 2. The molecule has 0 aliphatic carbocycles. The first kappa shape index (κ1) is 20.6. The van der Waals surface area contributed by atoms with Gasteiger partial charge in [0.2, 0.25) is 0 Å². The van der Waals surface area contributed by atoms with Gasteiger partial charge in [-0.3, -0.25) is 14.7 Å².